The Morgan fingerprint density at radius 1 is 0.840 bits per heavy atom. The highest BCUT2D eigenvalue weighted by Crippen LogP contribution is 2.38. The second-order valence-corrected chi connectivity index (χ2v) is 10.4. The Morgan fingerprint density at radius 2 is 1.44 bits per heavy atom. The molecular formula is C23H29BrMg. The van der Waals surface area contributed by atoms with E-state index in [-0.39, 0.29) is 18.2 Å². The summed E-state index contributed by atoms with van der Waals surface area (Å²) in [5, 5.41) is 0. The van der Waals surface area contributed by atoms with Crippen molar-refractivity contribution in [2.75, 3.05) is 0 Å². The minimum atomic E-state index is -0.224. The molecule has 0 unspecified atom stereocenters. The lowest BCUT2D eigenvalue weighted by Gasteiger charge is -2.29. The molecule has 0 atom stereocenters. The standard InChI is InChI=1S/C23H29.BrH.Mg/c1-2-3-5-8-19-11-13-21(14-12-19)23-17-15-22(16-18-23)20-9-6-4-7-10-20;;/h6-7,9-10,15-19,21H,2-3,5,8,11-14H2,1H3;1H;/q;;+1/p-1/t19-,21-;;. The summed E-state index contributed by atoms with van der Waals surface area (Å²) in [6, 6.07) is 18.5. The van der Waals surface area contributed by atoms with Gasteiger partial charge in [-0.25, -0.2) is 0 Å². The van der Waals surface area contributed by atoms with Gasteiger partial charge in [0.2, 0.25) is 0 Å². The molecule has 0 amide bonds. The Hall–Kier alpha value is -0.314. The molecule has 1 fully saturated rings. The first-order valence-electron chi connectivity index (χ1n) is 10.1. The van der Waals surface area contributed by atoms with Gasteiger partial charge in [0.1, 0.15) is 0 Å². The number of halogens is 1. The predicted molar refractivity (Wildman–Crippen MR) is 115 cm³/mol. The van der Waals surface area contributed by atoms with Gasteiger partial charge in [-0.1, -0.05) is 81.1 Å². The molecule has 0 bridgehead atoms. The zero-order chi connectivity index (χ0) is 17.5. The van der Waals surface area contributed by atoms with Gasteiger partial charge in [0, 0.05) is 0 Å². The third kappa shape index (κ3) is 5.58. The molecule has 0 N–H and O–H groups in total. The molecule has 0 aliphatic heterocycles. The lowest BCUT2D eigenvalue weighted by Crippen LogP contribution is -2.13. The summed E-state index contributed by atoms with van der Waals surface area (Å²) in [7, 11) is 0. The smallest absolute Gasteiger partial charge is 0.296 e. The topological polar surface area (TPSA) is 0 Å². The van der Waals surface area contributed by atoms with E-state index in [1.165, 1.54) is 66.2 Å². The predicted octanol–water partition coefficient (Wildman–Crippen LogP) is 6.85. The van der Waals surface area contributed by atoms with Crippen LogP contribution in [0.2, 0.25) is 0 Å². The lowest BCUT2D eigenvalue weighted by molar-refractivity contribution is 0.303. The molecule has 2 aromatic rings. The zero-order valence-electron chi connectivity index (χ0n) is 15.5. The molecule has 1 aliphatic carbocycles. The van der Waals surface area contributed by atoms with Crippen LogP contribution in [0.15, 0.2) is 48.5 Å². The molecule has 0 spiro atoms. The highest BCUT2D eigenvalue weighted by molar-refractivity contribution is 9.23. The molecule has 0 heterocycles. The van der Waals surface area contributed by atoms with Crippen molar-refractivity contribution < 1.29 is 0 Å². The molecule has 130 valence electrons. The van der Waals surface area contributed by atoms with Crippen LogP contribution in [0.5, 0.6) is 0 Å². The van der Waals surface area contributed by atoms with Crippen molar-refractivity contribution in [1.82, 2.24) is 0 Å². The van der Waals surface area contributed by atoms with Crippen molar-refractivity contribution in [2.45, 2.75) is 64.2 Å². The maximum Gasteiger partial charge on any atom is 0.506 e. The van der Waals surface area contributed by atoms with Crippen LogP contribution in [-0.4, -0.2) is 18.2 Å². The fourth-order valence-electron chi connectivity index (χ4n) is 4.20. The Bertz CT molecular complexity index is 624. The van der Waals surface area contributed by atoms with E-state index in [1.807, 2.05) is 0 Å². The third-order valence-corrected chi connectivity index (χ3v) is 8.61. The van der Waals surface area contributed by atoms with Crippen LogP contribution in [0.3, 0.4) is 0 Å². The first-order chi connectivity index (χ1) is 12.3. The Kier molecular flexibility index (Phi) is 7.88. The van der Waals surface area contributed by atoms with E-state index >= 15 is 0 Å². The molecule has 2 heteroatoms. The van der Waals surface area contributed by atoms with Gasteiger partial charge in [-0.2, -0.15) is 3.69 Å². The maximum atomic E-state index is 3.65. The van der Waals surface area contributed by atoms with Gasteiger partial charge in [-0.15, -0.1) is 0 Å². The number of benzene rings is 2. The summed E-state index contributed by atoms with van der Waals surface area (Å²) >= 11 is 3.43. The highest BCUT2D eigenvalue weighted by atomic mass is 79.9. The van der Waals surface area contributed by atoms with E-state index in [4.69, 9.17) is 0 Å². The van der Waals surface area contributed by atoms with E-state index in [0.29, 0.717) is 0 Å². The summed E-state index contributed by atoms with van der Waals surface area (Å²) in [6.45, 7) is 2.30. The van der Waals surface area contributed by atoms with Crippen LogP contribution in [0, 0.1) is 5.92 Å². The van der Waals surface area contributed by atoms with E-state index in [2.05, 4.69) is 68.3 Å². The summed E-state index contributed by atoms with van der Waals surface area (Å²) in [5.41, 5.74) is 4.24. The minimum absolute atomic E-state index is 0.224. The monoisotopic (exact) mass is 408 g/mol. The molecule has 1 saturated carbocycles. The fourth-order valence-corrected chi connectivity index (χ4v) is 5.74. The van der Waals surface area contributed by atoms with Crippen molar-refractivity contribution >= 4 is 34.8 Å². The molecule has 0 aromatic heterocycles. The summed E-state index contributed by atoms with van der Waals surface area (Å²) in [6.07, 6.45) is 11.3. The second-order valence-electron chi connectivity index (χ2n) is 7.67. The van der Waals surface area contributed by atoms with Crippen molar-refractivity contribution in [2.24, 2.45) is 5.92 Å². The Morgan fingerprint density at radius 3 is 2.00 bits per heavy atom. The first-order valence-corrected chi connectivity index (χ1v) is 14.7. The average molecular weight is 410 g/mol. The Labute approximate surface area is 169 Å². The van der Waals surface area contributed by atoms with Crippen LogP contribution < -0.4 is 3.69 Å². The third-order valence-electron chi connectivity index (χ3n) is 5.89. The molecular weight excluding hydrogens is 380 g/mol. The minimum Gasteiger partial charge on any atom is -0.296 e. The molecule has 0 radical (unpaired) electrons. The second kappa shape index (κ2) is 10.1. The van der Waals surface area contributed by atoms with E-state index in [1.54, 1.807) is 5.56 Å². The van der Waals surface area contributed by atoms with Gasteiger partial charge < -0.3 is 0 Å². The summed E-state index contributed by atoms with van der Waals surface area (Å²) in [5.74, 6) is 1.79. The first kappa shape index (κ1) is 19.4. The highest BCUT2D eigenvalue weighted by Gasteiger charge is 2.21. The molecule has 25 heavy (non-hydrogen) atoms. The van der Waals surface area contributed by atoms with Crippen LogP contribution in [0.1, 0.15) is 69.8 Å². The number of hydrogen-bond donors (Lipinski definition) is 0. The van der Waals surface area contributed by atoms with Gasteiger partial charge in [0.15, 0.2) is 0 Å². The van der Waals surface area contributed by atoms with Crippen LogP contribution in [0.25, 0.3) is 11.1 Å². The normalized spacial score (nSPS) is 20.2. The van der Waals surface area contributed by atoms with E-state index < -0.39 is 0 Å². The number of unbranched alkanes of at least 4 members (excludes halogenated alkanes) is 2. The van der Waals surface area contributed by atoms with E-state index in [0.717, 1.165) is 11.8 Å². The summed E-state index contributed by atoms with van der Waals surface area (Å²) in [4.78, 5) is 0. The average Bonchev–Trinajstić information content (AvgIpc) is 2.69. The van der Waals surface area contributed by atoms with Crippen LogP contribution in [0.4, 0.5) is 0 Å². The molecule has 2 aromatic carbocycles. The quantitative estimate of drug-likeness (QED) is 0.346. The molecule has 0 saturated heterocycles. The number of rotatable bonds is 7. The van der Waals surface area contributed by atoms with Gasteiger partial charge in [0.25, 0.3) is 0 Å². The zero-order valence-corrected chi connectivity index (χ0v) is 18.5. The van der Waals surface area contributed by atoms with Crippen LogP contribution >= 0.6 is 12.9 Å². The maximum absolute atomic E-state index is 3.65. The van der Waals surface area contributed by atoms with E-state index in [9.17, 15) is 0 Å². The molecule has 0 nitrogen and oxygen atoms in total. The van der Waals surface area contributed by atoms with Crippen molar-refractivity contribution in [3.8, 4) is 11.1 Å². The van der Waals surface area contributed by atoms with Crippen molar-refractivity contribution in [3.05, 3.63) is 54.1 Å². The SMILES string of the molecule is CCCCC[C@H]1CC[C@H](c2ccc(-c3cc[c]([Mg][Br])cc3)cc2)CC1. The Balaban J connectivity index is 1.56. The van der Waals surface area contributed by atoms with Crippen molar-refractivity contribution in [3.63, 3.8) is 0 Å². The fraction of sp³-hybridized carbons (Fsp3) is 0.478. The van der Waals surface area contributed by atoms with Crippen molar-refractivity contribution in [1.29, 1.82) is 0 Å². The molecule has 3 rings (SSSR count). The largest absolute Gasteiger partial charge is 0.506 e. The lowest BCUT2D eigenvalue weighted by atomic mass is 9.77. The van der Waals surface area contributed by atoms with Gasteiger partial charge in [-0.05, 0) is 54.2 Å². The van der Waals surface area contributed by atoms with Gasteiger partial charge in [0.05, 0.1) is 0 Å². The number of hydrogen-bond acceptors (Lipinski definition) is 0. The molecule has 1 aliphatic rings. The summed E-state index contributed by atoms with van der Waals surface area (Å²) < 4.78 is 1.47. The van der Waals surface area contributed by atoms with Crippen LogP contribution in [-0.2, 0) is 0 Å². The van der Waals surface area contributed by atoms with Gasteiger partial charge >= 0.3 is 18.2 Å². The van der Waals surface area contributed by atoms with Gasteiger partial charge in [-0.3, -0.25) is 12.9 Å².